The zero-order valence-corrected chi connectivity index (χ0v) is 8.93. The highest BCUT2D eigenvalue weighted by Crippen LogP contribution is 2.27. The van der Waals surface area contributed by atoms with Crippen molar-refractivity contribution in [3.05, 3.63) is 0 Å². The summed E-state index contributed by atoms with van der Waals surface area (Å²) in [5, 5.41) is 8.82. The van der Waals surface area contributed by atoms with Crippen LogP contribution in [0.5, 0.6) is 0 Å². The molecule has 1 aliphatic heterocycles. The third-order valence-electron chi connectivity index (χ3n) is 2.21. The normalized spacial score (nSPS) is 28.6. The van der Waals surface area contributed by atoms with E-state index in [-0.39, 0.29) is 11.7 Å². The van der Waals surface area contributed by atoms with Gasteiger partial charge in [-0.05, 0) is 19.8 Å². The Kier molecular flexibility index (Phi) is 2.39. The van der Waals surface area contributed by atoms with Gasteiger partial charge in [0.15, 0.2) is 0 Å². The molecule has 0 aromatic carbocycles. The highest BCUT2D eigenvalue weighted by molar-refractivity contribution is 7.89. The molecule has 4 nitrogen and oxygen atoms in total. The minimum Gasteiger partial charge on any atom is -0.212 e. The average molecular weight is 202 g/mol. The highest BCUT2D eigenvalue weighted by Gasteiger charge is 2.42. The first-order chi connectivity index (χ1) is 5.79. The predicted octanol–water partition coefficient (Wildman–Crippen LogP) is 0.570. The van der Waals surface area contributed by atoms with Gasteiger partial charge in [0.2, 0.25) is 10.0 Å². The molecule has 0 amide bonds. The van der Waals surface area contributed by atoms with Gasteiger partial charge in [0.05, 0.1) is 11.8 Å². The fourth-order valence-electron chi connectivity index (χ4n) is 1.53. The van der Waals surface area contributed by atoms with Crippen LogP contribution in [0.3, 0.4) is 0 Å². The Hall–Kier alpha value is -0.600. The second-order valence-electron chi connectivity index (χ2n) is 4.09. The molecule has 1 saturated heterocycles. The standard InChI is InChI=1S/C8H14N2O2S/c1-7-4-10(8(2,3)6-9)13(11,12)5-7/h7H,4-5H2,1-3H3. The van der Waals surface area contributed by atoms with E-state index < -0.39 is 15.6 Å². The van der Waals surface area contributed by atoms with Gasteiger partial charge in [-0.2, -0.15) is 9.57 Å². The quantitative estimate of drug-likeness (QED) is 0.624. The Morgan fingerprint density at radius 3 is 2.38 bits per heavy atom. The van der Waals surface area contributed by atoms with Crippen LogP contribution < -0.4 is 0 Å². The summed E-state index contributed by atoms with van der Waals surface area (Å²) in [6, 6.07) is 2.01. The van der Waals surface area contributed by atoms with Crippen LogP contribution >= 0.6 is 0 Å². The van der Waals surface area contributed by atoms with E-state index in [9.17, 15) is 8.42 Å². The van der Waals surface area contributed by atoms with E-state index in [0.717, 1.165) is 0 Å². The van der Waals surface area contributed by atoms with Crippen LogP contribution in [0.15, 0.2) is 0 Å². The van der Waals surface area contributed by atoms with Gasteiger partial charge in [0, 0.05) is 6.54 Å². The SMILES string of the molecule is CC1CN(C(C)(C)C#N)S(=O)(=O)C1. The summed E-state index contributed by atoms with van der Waals surface area (Å²) in [6.45, 7) is 5.60. The minimum atomic E-state index is -3.20. The van der Waals surface area contributed by atoms with Gasteiger partial charge in [0.1, 0.15) is 5.54 Å². The van der Waals surface area contributed by atoms with Crippen molar-refractivity contribution in [3.63, 3.8) is 0 Å². The lowest BCUT2D eigenvalue weighted by Crippen LogP contribution is -2.43. The number of sulfonamides is 1. The van der Waals surface area contributed by atoms with Gasteiger partial charge in [-0.15, -0.1) is 0 Å². The van der Waals surface area contributed by atoms with Crippen molar-refractivity contribution in [1.29, 1.82) is 5.26 Å². The number of nitrogens with zero attached hydrogens (tertiary/aromatic N) is 2. The van der Waals surface area contributed by atoms with E-state index >= 15 is 0 Å². The average Bonchev–Trinajstić information content (AvgIpc) is 2.25. The van der Waals surface area contributed by atoms with Crippen LogP contribution in [0, 0.1) is 17.2 Å². The van der Waals surface area contributed by atoms with Gasteiger partial charge in [-0.25, -0.2) is 8.42 Å². The number of hydrogen-bond acceptors (Lipinski definition) is 3. The molecule has 5 heteroatoms. The lowest BCUT2D eigenvalue weighted by atomic mass is 10.1. The first-order valence-corrected chi connectivity index (χ1v) is 5.82. The Bertz CT molecular complexity index is 340. The maximum atomic E-state index is 11.6. The fourth-order valence-corrected chi connectivity index (χ4v) is 3.75. The third-order valence-corrected chi connectivity index (χ3v) is 4.47. The lowest BCUT2D eigenvalue weighted by Gasteiger charge is -2.26. The van der Waals surface area contributed by atoms with Crippen LogP contribution in [0.4, 0.5) is 0 Å². The molecule has 0 bridgehead atoms. The van der Waals surface area contributed by atoms with Crippen molar-refractivity contribution in [2.24, 2.45) is 5.92 Å². The zero-order valence-electron chi connectivity index (χ0n) is 8.11. The van der Waals surface area contributed by atoms with Crippen LogP contribution in [-0.4, -0.2) is 30.6 Å². The first kappa shape index (κ1) is 10.5. The number of nitriles is 1. The molecule has 0 spiro atoms. The van der Waals surface area contributed by atoms with Gasteiger partial charge in [0.25, 0.3) is 0 Å². The Labute approximate surface area is 79.2 Å². The van der Waals surface area contributed by atoms with E-state index in [1.165, 1.54) is 4.31 Å². The lowest BCUT2D eigenvalue weighted by molar-refractivity contribution is 0.291. The summed E-state index contributed by atoms with van der Waals surface area (Å²) in [4.78, 5) is 0. The van der Waals surface area contributed by atoms with E-state index in [4.69, 9.17) is 5.26 Å². The van der Waals surface area contributed by atoms with Gasteiger partial charge < -0.3 is 0 Å². The van der Waals surface area contributed by atoms with Gasteiger partial charge >= 0.3 is 0 Å². The summed E-state index contributed by atoms with van der Waals surface area (Å²) in [5.41, 5.74) is -0.913. The summed E-state index contributed by atoms with van der Waals surface area (Å²) < 4.78 is 24.4. The van der Waals surface area contributed by atoms with Crippen LogP contribution in [0.2, 0.25) is 0 Å². The molecule has 13 heavy (non-hydrogen) atoms. The monoisotopic (exact) mass is 202 g/mol. The Morgan fingerprint density at radius 2 is 2.08 bits per heavy atom. The summed E-state index contributed by atoms with van der Waals surface area (Å²) in [7, 11) is -3.20. The summed E-state index contributed by atoms with van der Waals surface area (Å²) in [5.74, 6) is 0.288. The van der Waals surface area contributed by atoms with Gasteiger partial charge in [-0.3, -0.25) is 0 Å². The van der Waals surface area contributed by atoms with E-state index in [0.29, 0.717) is 6.54 Å². The summed E-state index contributed by atoms with van der Waals surface area (Å²) >= 11 is 0. The second kappa shape index (κ2) is 2.96. The number of rotatable bonds is 1. The molecule has 1 atom stereocenters. The molecular formula is C8H14N2O2S. The molecule has 0 saturated carbocycles. The second-order valence-corrected chi connectivity index (χ2v) is 6.02. The topological polar surface area (TPSA) is 61.2 Å². The smallest absolute Gasteiger partial charge is 0.212 e. The van der Waals surface area contributed by atoms with Crippen molar-refractivity contribution < 1.29 is 8.42 Å². The molecule has 0 aliphatic carbocycles. The van der Waals surface area contributed by atoms with Crippen LogP contribution in [0.25, 0.3) is 0 Å². The van der Waals surface area contributed by atoms with E-state index in [1.807, 2.05) is 13.0 Å². The Balaban J connectivity index is 3.03. The first-order valence-electron chi connectivity index (χ1n) is 4.21. The van der Waals surface area contributed by atoms with Crippen molar-refractivity contribution in [1.82, 2.24) is 4.31 Å². The molecular weight excluding hydrogens is 188 g/mol. The van der Waals surface area contributed by atoms with Crippen LogP contribution in [0.1, 0.15) is 20.8 Å². The molecule has 0 aromatic rings. The van der Waals surface area contributed by atoms with Crippen LogP contribution in [-0.2, 0) is 10.0 Å². The van der Waals surface area contributed by atoms with Crippen molar-refractivity contribution in [2.45, 2.75) is 26.3 Å². The van der Waals surface area contributed by atoms with E-state index in [1.54, 1.807) is 13.8 Å². The predicted molar refractivity (Wildman–Crippen MR) is 49.3 cm³/mol. The molecule has 0 N–H and O–H groups in total. The maximum Gasteiger partial charge on any atom is 0.215 e. The fraction of sp³-hybridized carbons (Fsp3) is 0.875. The van der Waals surface area contributed by atoms with Crippen molar-refractivity contribution >= 4 is 10.0 Å². The molecule has 1 rings (SSSR count). The molecule has 1 unspecified atom stereocenters. The molecule has 0 radical (unpaired) electrons. The Morgan fingerprint density at radius 1 is 1.54 bits per heavy atom. The highest BCUT2D eigenvalue weighted by atomic mass is 32.2. The van der Waals surface area contributed by atoms with Crippen molar-refractivity contribution in [3.8, 4) is 6.07 Å². The summed E-state index contributed by atoms with van der Waals surface area (Å²) in [6.07, 6.45) is 0. The molecule has 74 valence electrons. The number of hydrogen-bond donors (Lipinski definition) is 0. The largest absolute Gasteiger partial charge is 0.215 e. The molecule has 1 heterocycles. The van der Waals surface area contributed by atoms with Crippen molar-refractivity contribution in [2.75, 3.05) is 12.3 Å². The molecule has 0 aromatic heterocycles. The van der Waals surface area contributed by atoms with E-state index in [2.05, 4.69) is 0 Å². The molecule has 1 fully saturated rings. The molecule has 1 aliphatic rings. The third kappa shape index (κ3) is 1.84. The maximum absolute atomic E-state index is 11.6. The zero-order chi connectivity index (χ0) is 10.3. The van der Waals surface area contributed by atoms with Gasteiger partial charge in [-0.1, -0.05) is 6.92 Å². The minimum absolute atomic E-state index is 0.123.